The van der Waals surface area contributed by atoms with Crippen molar-refractivity contribution in [2.24, 2.45) is 12.8 Å². The van der Waals surface area contributed by atoms with Gasteiger partial charge in [0, 0.05) is 19.8 Å². The van der Waals surface area contributed by atoms with E-state index in [9.17, 15) is 14.0 Å². The lowest BCUT2D eigenvalue weighted by Crippen LogP contribution is -2.58. The van der Waals surface area contributed by atoms with E-state index < -0.39 is 11.5 Å². The Labute approximate surface area is 155 Å². The second-order valence-electron chi connectivity index (χ2n) is 6.57. The number of carbonyl (C=O) groups is 2. The number of hydrogen-bond acceptors (Lipinski definition) is 5. The molecule has 27 heavy (non-hydrogen) atoms. The Balaban J connectivity index is 1.74. The summed E-state index contributed by atoms with van der Waals surface area (Å²) in [4.78, 5) is 29.9. The summed E-state index contributed by atoms with van der Waals surface area (Å²) in [7, 11) is 1.77. The summed E-state index contributed by atoms with van der Waals surface area (Å²) in [5.74, 6) is -0.772. The Morgan fingerprint density at radius 2 is 2.11 bits per heavy atom. The number of aromatic nitrogens is 2. The van der Waals surface area contributed by atoms with Gasteiger partial charge in [-0.3, -0.25) is 9.59 Å². The first kappa shape index (κ1) is 18.8. The first-order chi connectivity index (χ1) is 12.9. The Morgan fingerprint density at radius 3 is 2.74 bits per heavy atom. The van der Waals surface area contributed by atoms with Gasteiger partial charge in [0.2, 0.25) is 5.91 Å². The van der Waals surface area contributed by atoms with Crippen LogP contribution in [-0.4, -0.2) is 58.2 Å². The van der Waals surface area contributed by atoms with Crippen molar-refractivity contribution in [3.8, 4) is 5.75 Å². The number of rotatable bonds is 6. The van der Waals surface area contributed by atoms with Gasteiger partial charge >= 0.3 is 0 Å². The van der Waals surface area contributed by atoms with Crippen molar-refractivity contribution < 1.29 is 23.5 Å². The van der Waals surface area contributed by atoms with Crippen LogP contribution in [0.15, 0.2) is 36.8 Å². The summed E-state index contributed by atoms with van der Waals surface area (Å²) in [5.41, 5.74) is 4.62. The summed E-state index contributed by atoms with van der Waals surface area (Å²) < 4.78 is 26.2. The van der Waals surface area contributed by atoms with Gasteiger partial charge in [0.1, 0.15) is 29.5 Å². The van der Waals surface area contributed by atoms with Crippen LogP contribution in [0.3, 0.4) is 0 Å². The van der Waals surface area contributed by atoms with Gasteiger partial charge in [0.15, 0.2) is 0 Å². The molecule has 0 radical (unpaired) electrons. The number of morpholine rings is 1. The SMILES string of the molecule is Cn1cnc(C(=O)N2CCO[C@](COc3ccc(F)cc3)(CC(N)=O)C2)c1. The van der Waals surface area contributed by atoms with E-state index in [0.717, 1.165) is 0 Å². The third-order valence-corrected chi connectivity index (χ3v) is 4.27. The molecule has 1 atom stereocenters. The van der Waals surface area contributed by atoms with E-state index in [1.54, 1.807) is 29.0 Å². The average Bonchev–Trinajstić information content (AvgIpc) is 3.07. The normalized spacial score (nSPS) is 19.7. The minimum Gasteiger partial charge on any atom is -0.490 e. The maximum absolute atomic E-state index is 13.0. The molecular weight excluding hydrogens is 355 g/mol. The highest BCUT2D eigenvalue weighted by molar-refractivity contribution is 5.92. The molecule has 0 spiro atoms. The molecule has 0 bridgehead atoms. The number of primary amides is 1. The van der Waals surface area contributed by atoms with E-state index in [0.29, 0.717) is 18.0 Å². The topological polar surface area (TPSA) is 99.7 Å². The summed E-state index contributed by atoms with van der Waals surface area (Å²) in [6.07, 6.45) is 3.06. The van der Waals surface area contributed by atoms with Gasteiger partial charge in [-0.1, -0.05) is 0 Å². The van der Waals surface area contributed by atoms with Crippen LogP contribution in [0.1, 0.15) is 16.9 Å². The minimum atomic E-state index is -1.08. The van der Waals surface area contributed by atoms with Crippen LogP contribution in [0.2, 0.25) is 0 Å². The fourth-order valence-corrected chi connectivity index (χ4v) is 3.01. The highest BCUT2D eigenvalue weighted by Gasteiger charge is 2.41. The number of imidazole rings is 1. The Hall–Kier alpha value is -2.94. The molecule has 2 heterocycles. The molecule has 1 saturated heterocycles. The largest absolute Gasteiger partial charge is 0.490 e. The molecule has 1 fully saturated rings. The second kappa shape index (κ2) is 7.75. The number of amides is 2. The molecule has 2 aromatic rings. The number of nitrogens with zero attached hydrogens (tertiary/aromatic N) is 3. The second-order valence-corrected chi connectivity index (χ2v) is 6.57. The van der Waals surface area contributed by atoms with E-state index in [1.807, 2.05) is 0 Å². The molecule has 0 unspecified atom stereocenters. The van der Waals surface area contributed by atoms with Crippen LogP contribution in [0.5, 0.6) is 5.75 Å². The number of halogens is 1. The van der Waals surface area contributed by atoms with Gasteiger partial charge in [-0.05, 0) is 24.3 Å². The summed E-state index contributed by atoms with van der Waals surface area (Å²) in [6.45, 7) is 0.727. The van der Waals surface area contributed by atoms with Crippen molar-refractivity contribution in [3.63, 3.8) is 0 Å². The summed E-state index contributed by atoms with van der Waals surface area (Å²) in [5, 5.41) is 0. The number of ether oxygens (including phenoxy) is 2. The number of hydrogen-bond donors (Lipinski definition) is 1. The van der Waals surface area contributed by atoms with Crippen LogP contribution in [0.4, 0.5) is 4.39 Å². The summed E-state index contributed by atoms with van der Waals surface area (Å²) >= 11 is 0. The van der Waals surface area contributed by atoms with Gasteiger partial charge < -0.3 is 24.7 Å². The zero-order valence-corrected chi connectivity index (χ0v) is 14.9. The molecule has 1 aliphatic heterocycles. The van der Waals surface area contributed by atoms with Crippen molar-refractivity contribution in [1.29, 1.82) is 0 Å². The highest BCUT2D eigenvalue weighted by Crippen LogP contribution is 2.25. The van der Waals surface area contributed by atoms with E-state index in [2.05, 4.69) is 4.98 Å². The Morgan fingerprint density at radius 1 is 1.37 bits per heavy atom. The first-order valence-corrected chi connectivity index (χ1v) is 8.45. The maximum atomic E-state index is 13.0. The Kier molecular flexibility index (Phi) is 5.41. The van der Waals surface area contributed by atoms with Crippen molar-refractivity contribution >= 4 is 11.8 Å². The zero-order valence-electron chi connectivity index (χ0n) is 14.9. The van der Waals surface area contributed by atoms with Crippen molar-refractivity contribution in [2.45, 2.75) is 12.0 Å². The number of carbonyl (C=O) groups excluding carboxylic acids is 2. The zero-order chi connectivity index (χ0) is 19.4. The standard InChI is InChI=1S/C18H21FN4O4/c1-22-9-15(21-12-22)17(25)23-6-7-27-18(10-23,8-16(20)24)11-26-14-4-2-13(19)3-5-14/h2-5,9,12H,6-8,10-11H2,1H3,(H2,20,24)/t18-/m1/s1. The molecule has 1 aromatic heterocycles. The van der Waals surface area contributed by atoms with Crippen molar-refractivity contribution in [2.75, 3.05) is 26.3 Å². The van der Waals surface area contributed by atoms with Crippen LogP contribution in [-0.2, 0) is 16.6 Å². The number of aryl methyl sites for hydroxylation is 1. The number of benzene rings is 1. The summed E-state index contributed by atoms with van der Waals surface area (Å²) in [6, 6.07) is 5.50. The molecule has 2 N–H and O–H groups in total. The smallest absolute Gasteiger partial charge is 0.274 e. The lowest BCUT2D eigenvalue weighted by atomic mass is 9.97. The van der Waals surface area contributed by atoms with Crippen LogP contribution in [0.25, 0.3) is 0 Å². The van der Waals surface area contributed by atoms with E-state index >= 15 is 0 Å². The van der Waals surface area contributed by atoms with E-state index in [4.69, 9.17) is 15.2 Å². The van der Waals surface area contributed by atoms with Crippen LogP contribution < -0.4 is 10.5 Å². The monoisotopic (exact) mass is 376 g/mol. The lowest BCUT2D eigenvalue weighted by molar-refractivity contribution is -0.142. The molecule has 3 rings (SSSR count). The van der Waals surface area contributed by atoms with Gasteiger partial charge in [-0.15, -0.1) is 0 Å². The van der Waals surface area contributed by atoms with E-state index in [-0.39, 0.29) is 37.9 Å². The van der Waals surface area contributed by atoms with Gasteiger partial charge in [-0.2, -0.15) is 0 Å². The predicted octanol–water partition coefficient (Wildman–Crippen LogP) is 0.725. The van der Waals surface area contributed by atoms with Crippen molar-refractivity contribution in [3.05, 3.63) is 48.3 Å². The van der Waals surface area contributed by atoms with Crippen LogP contribution >= 0.6 is 0 Å². The molecule has 0 saturated carbocycles. The highest BCUT2D eigenvalue weighted by atomic mass is 19.1. The number of nitrogens with two attached hydrogens (primary N) is 1. The van der Waals surface area contributed by atoms with E-state index in [1.165, 1.54) is 24.3 Å². The maximum Gasteiger partial charge on any atom is 0.274 e. The van der Waals surface area contributed by atoms with Gasteiger partial charge in [0.25, 0.3) is 5.91 Å². The average molecular weight is 376 g/mol. The minimum absolute atomic E-state index is 0.00638. The molecule has 8 nitrogen and oxygen atoms in total. The third kappa shape index (κ3) is 4.62. The van der Waals surface area contributed by atoms with Gasteiger partial charge in [0.05, 0.1) is 25.9 Å². The molecule has 144 valence electrons. The van der Waals surface area contributed by atoms with Gasteiger partial charge in [-0.25, -0.2) is 9.37 Å². The molecule has 2 amide bonds. The molecule has 0 aliphatic carbocycles. The van der Waals surface area contributed by atoms with Crippen molar-refractivity contribution in [1.82, 2.24) is 14.5 Å². The fraction of sp³-hybridized carbons (Fsp3) is 0.389. The predicted molar refractivity (Wildman–Crippen MR) is 93.5 cm³/mol. The first-order valence-electron chi connectivity index (χ1n) is 8.45. The molecule has 9 heteroatoms. The van der Waals surface area contributed by atoms with Crippen LogP contribution in [0, 0.1) is 5.82 Å². The molecule has 1 aliphatic rings. The molecular formula is C18H21FN4O4. The Bertz CT molecular complexity index is 823. The molecule has 1 aromatic carbocycles. The third-order valence-electron chi connectivity index (χ3n) is 4.27. The fourth-order valence-electron chi connectivity index (χ4n) is 3.01. The lowest BCUT2D eigenvalue weighted by Gasteiger charge is -2.41. The quantitative estimate of drug-likeness (QED) is 0.801.